The summed E-state index contributed by atoms with van der Waals surface area (Å²) in [6, 6.07) is 11.1. The maximum absolute atomic E-state index is 5.87. The molecule has 4 rings (SSSR count). The van der Waals surface area contributed by atoms with Gasteiger partial charge in [0.25, 0.3) is 0 Å². The minimum absolute atomic E-state index is 0.860. The molecule has 0 amide bonds. The number of rotatable bonds is 0. The second-order valence-electron chi connectivity index (χ2n) is 5.18. The number of benzene rings is 2. The topological polar surface area (TPSA) is 26.0 Å². The minimum Gasteiger partial charge on any atom is -0.399 e. The van der Waals surface area contributed by atoms with Crippen LogP contribution in [-0.4, -0.2) is 0 Å². The standard InChI is InChI=1S/C16H15NS/c17-12-5-6-13-14-7-10-3-1-2-4-11(10)8-15(14)18-16(13)9-12/h5-9H,1-4,17H2. The van der Waals surface area contributed by atoms with Gasteiger partial charge in [-0.05, 0) is 61.1 Å². The summed E-state index contributed by atoms with van der Waals surface area (Å²) >= 11 is 1.87. The number of fused-ring (bicyclic) bond motifs is 4. The molecule has 0 spiro atoms. The summed E-state index contributed by atoms with van der Waals surface area (Å²) in [7, 11) is 0. The summed E-state index contributed by atoms with van der Waals surface area (Å²) in [5.41, 5.74) is 9.86. The Bertz CT molecular complexity index is 754. The molecule has 3 aromatic rings. The van der Waals surface area contributed by atoms with E-state index in [2.05, 4.69) is 24.3 Å². The molecule has 0 bridgehead atoms. The van der Waals surface area contributed by atoms with Gasteiger partial charge in [0, 0.05) is 25.9 Å². The zero-order chi connectivity index (χ0) is 12.1. The minimum atomic E-state index is 0.860. The zero-order valence-corrected chi connectivity index (χ0v) is 11.0. The Morgan fingerprint density at radius 3 is 2.39 bits per heavy atom. The van der Waals surface area contributed by atoms with Crippen LogP contribution in [0.25, 0.3) is 20.2 Å². The monoisotopic (exact) mass is 253 g/mol. The van der Waals surface area contributed by atoms with E-state index in [-0.39, 0.29) is 0 Å². The molecule has 1 aromatic heterocycles. The lowest BCUT2D eigenvalue weighted by Gasteiger charge is -2.15. The van der Waals surface area contributed by atoms with Gasteiger partial charge in [-0.25, -0.2) is 0 Å². The van der Waals surface area contributed by atoms with Crippen molar-refractivity contribution in [3.05, 3.63) is 41.5 Å². The van der Waals surface area contributed by atoms with Crippen molar-refractivity contribution in [2.75, 3.05) is 5.73 Å². The van der Waals surface area contributed by atoms with Gasteiger partial charge < -0.3 is 5.73 Å². The molecular formula is C16H15NS. The third kappa shape index (κ3) is 1.45. The van der Waals surface area contributed by atoms with E-state index in [0.717, 1.165) is 5.69 Å². The van der Waals surface area contributed by atoms with Crippen molar-refractivity contribution < 1.29 is 0 Å². The summed E-state index contributed by atoms with van der Waals surface area (Å²) in [6.45, 7) is 0. The summed E-state index contributed by atoms with van der Waals surface area (Å²) in [6.07, 6.45) is 5.18. The number of thiophene rings is 1. The summed E-state index contributed by atoms with van der Waals surface area (Å²) < 4.78 is 2.73. The van der Waals surface area contributed by atoms with Crippen LogP contribution in [0.5, 0.6) is 0 Å². The highest BCUT2D eigenvalue weighted by Crippen LogP contribution is 2.37. The summed E-state index contributed by atoms with van der Waals surface area (Å²) in [5, 5.41) is 2.77. The van der Waals surface area contributed by atoms with Crippen LogP contribution < -0.4 is 5.73 Å². The Kier molecular flexibility index (Phi) is 2.15. The van der Waals surface area contributed by atoms with E-state index in [1.165, 1.54) is 45.9 Å². The molecule has 0 aliphatic heterocycles. The van der Waals surface area contributed by atoms with Crippen LogP contribution in [0.4, 0.5) is 5.69 Å². The van der Waals surface area contributed by atoms with Crippen LogP contribution in [0.1, 0.15) is 24.0 Å². The molecule has 0 unspecified atom stereocenters. The van der Waals surface area contributed by atoms with Crippen molar-refractivity contribution in [1.82, 2.24) is 0 Å². The van der Waals surface area contributed by atoms with E-state index in [0.29, 0.717) is 0 Å². The highest BCUT2D eigenvalue weighted by molar-refractivity contribution is 7.25. The maximum Gasteiger partial charge on any atom is 0.0375 e. The van der Waals surface area contributed by atoms with Gasteiger partial charge in [0.05, 0.1) is 0 Å². The van der Waals surface area contributed by atoms with Crippen LogP contribution in [0.15, 0.2) is 30.3 Å². The first-order chi connectivity index (χ1) is 8.81. The number of hydrogen-bond acceptors (Lipinski definition) is 2. The van der Waals surface area contributed by atoms with Crippen LogP contribution in [0.2, 0.25) is 0 Å². The Morgan fingerprint density at radius 1 is 0.833 bits per heavy atom. The number of anilines is 1. The Hall–Kier alpha value is -1.54. The molecule has 0 saturated carbocycles. The Balaban J connectivity index is 2.09. The average molecular weight is 253 g/mol. The van der Waals surface area contributed by atoms with Crippen LogP contribution in [0, 0.1) is 0 Å². The van der Waals surface area contributed by atoms with Crippen LogP contribution in [0.3, 0.4) is 0 Å². The van der Waals surface area contributed by atoms with E-state index in [1.54, 1.807) is 11.1 Å². The molecule has 0 fully saturated rings. The van der Waals surface area contributed by atoms with Crippen molar-refractivity contribution in [2.45, 2.75) is 25.7 Å². The smallest absolute Gasteiger partial charge is 0.0375 e. The van der Waals surface area contributed by atoms with Crippen molar-refractivity contribution in [3.63, 3.8) is 0 Å². The molecular weight excluding hydrogens is 238 g/mol. The predicted octanol–water partition coefficient (Wildman–Crippen LogP) is 4.52. The fourth-order valence-electron chi connectivity index (χ4n) is 3.02. The second-order valence-corrected chi connectivity index (χ2v) is 6.27. The first-order valence-electron chi connectivity index (χ1n) is 6.55. The second kappa shape index (κ2) is 3.72. The van der Waals surface area contributed by atoms with Crippen LogP contribution >= 0.6 is 11.3 Å². The van der Waals surface area contributed by atoms with Crippen molar-refractivity contribution in [3.8, 4) is 0 Å². The highest BCUT2D eigenvalue weighted by Gasteiger charge is 2.13. The van der Waals surface area contributed by atoms with E-state index in [1.807, 2.05) is 17.4 Å². The van der Waals surface area contributed by atoms with Gasteiger partial charge in [-0.3, -0.25) is 0 Å². The third-order valence-corrected chi connectivity index (χ3v) is 5.08. The largest absolute Gasteiger partial charge is 0.399 e. The Morgan fingerprint density at radius 2 is 1.56 bits per heavy atom. The predicted molar refractivity (Wildman–Crippen MR) is 80.4 cm³/mol. The molecule has 2 N–H and O–H groups in total. The molecule has 1 nitrogen and oxygen atoms in total. The lowest BCUT2D eigenvalue weighted by atomic mass is 9.90. The van der Waals surface area contributed by atoms with E-state index in [9.17, 15) is 0 Å². The molecule has 0 atom stereocenters. The van der Waals surface area contributed by atoms with Gasteiger partial charge in [0.15, 0.2) is 0 Å². The normalized spacial score (nSPS) is 15.1. The van der Waals surface area contributed by atoms with Gasteiger partial charge in [0.2, 0.25) is 0 Å². The molecule has 0 radical (unpaired) electrons. The molecule has 1 aliphatic rings. The molecule has 2 aromatic carbocycles. The van der Waals surface area contributed by atoms with E-state index >= 15 is 0 Å². The molecule has 1 aliphatic carbocycles. The summed E-state index contributed by atoms with van der Waals surface area (Å²) in [5.74, 6) is 0. The van der Waals surface area contributed by atoms with Crippen LogP contribution in [-0.2, 0) is 12.8 Å². The van der Waals surface area contributed by atoms with Crippen molar-refractivity contribution in [2.24, 2.45) is 0 Å². The first-order valence-corrected chi connectivity index (χ1v) is 7.36. The fraction of sp³-hybridized carbons (Fsp3) is 0.250. The zero-order valence-electron chi connectivity index (χ0n) is 10.2. The van der Waals surface area contributed by atoms with E-state index in [4.69, 9.17) is 5.73 Å². The quantitative estimate of drug-likeness (QED) is 0.586. The lowest BCUT2D eigenvalue weighted by molar-refractivity contribution is 0.687. The van der Waals surface area contributed by atoms with Crippen molar-refractivity contribution in [1.29, 1.82) is 0 Å². The van der Waals surface area contributed by atoms with Gasteiger partial charge in [-0.15, -0.1) is 11.3 Å². The van der Waals surface area contributed by atoms with Gasteiger partial charge in [-0.2, -0.15) is 0 Å². The SMILES string of the molecule is Nc1ccc2c(c1)sc1cc3c(cc12)CCCC3. The number of aryl methyl sites for hydroxylation is 2. The highest BCUT2D eigenvalue weighted by atomic mass is 32.1. The molecule has 1 heterocycles. The van der Waals surface area contributed by atoms with E-state index < -0.39 is 0 Å². The van der Waals surface area contributed by atoms with Gasteiger partial charge in [0.1, 0.15) is 0 Å². The number of hydrogen-bond donors (Lipinski definition) is 1. The maximum atomic E-state index is 5.87. The molecule has 18 heavy (non-hydrogen) atoms. The van der Waals surface area contributed by atoms with Gasteiger partial charge in [-0.1, -0.05) is 6.07 Å². The lowest BCUT2D eigenvalue weighted by Crippen LogP contribution is -2.01. The molecule has 2 heteroatoms. The third-order valence-electron chi connectivity index (χ3n) is 3.96. The number of nitrogen functional groups attached to an aromatic ring is 1. The number of nitrogens with two attached hydrogens (primary N) is 1. The molecule has 90 valence electrons. The first kappa shape index (κ1) is 10.4. The summed E-state index contributed by atoms with van der Waals surface area (Å²) in [4.78, 5) is 0. The average Bonchev–Trinajstić information content (AvgIpc) is 2.72. The Labute approximate surface area is 110 Å². The van der Waals surface area contributed by atoms with Crippen molar-refractivity contribution >= 4 is 37.2 Å². The fourth-order valence-corrected chi connectivity index (χ4v) is 4.22. The van der Waals surface area contributed by atoms with Gasteiger partial charge >= 0.3 is 0 Å². The molecule has 0 saturated heterocycles.